The zero-order valence-electron chi connectivity index (χ0n) is 14.6. The van der Waals surface area contributed by atoms with E-state index in [1.807, 2.05) is 21.7 Å². The van der Waals surface area contributed by atoms with Gasteiger partial charge in [-0.15, -0.1) is 0 Å². The van der Waals surface area contributed by atoms with Crippen LogP contribution in [0.5, 0.6) is 0 Å². The van der Waals surface area contributed by atoms with Crippen molar-refractivity contribution in [3.05, 3.63) is 51.8 Å². The molecule has 0 atom stereocenters. The molecule has 4 nitrogen and oxygen atoms in total. The van der Waals surface area contributed by atoms with Crippen molar-refractivity contribution in [2.75, 3.05) is 31.1 Å². The lowest BCUT2D eigenvalue weighted by Gasteiger charge is -2.37. The summed E-state index contributed by atoms with van der Waals surface area (Å²) in [5.41, 5.74) is 4.71. The number of aromatic nitrogens is 1. The van der Waals surface area contributed by atoms with Gasteiger partial charge >= 0.3 is 0 Å². The molecule has 1 fully saturated rings. The first kappa shape index (κ1) is 17.1. The van der Waals surface area contributed by atoms with Crippen LogP contribution >= 0.6 is 15.9 Å². The Bertz CT molecular complexity index is 745. The van der Waals surface area contributed by atoms with Crippen LogP contribution in [0.25, 0.3) is 0 Å². The molecule has 1 aromatic carbocycles. The Balaban J connectivity index is 1.70. The zero-order valence-corrected chi connectivity index (χ0v) is 16.1. The predicted molar refractivity (Wildman–Crippen MR) is 102 cm³/mol. The molecule has 3 rings (SSSR count). The Morgan fingerprint density at radius 3 is 2.54 bits per heavy atom. The summed E-state index contributed by atoms with van der Waals surface area (Å²) in [4.78, 5) is 17.2. The highest BCUT2D eigenvalue weighted by Gasteiger charge is 2.25. The van der Waals surface area contributed by atoms with Crippen molar-refractivity contribution in [1.82, 2.24) is 9.47 Å². The van der Waals surface area contributed by atoms with E-state index in [1.54, 1.807) is 0 Å². The molecule has 1 saturated heterocycles. The van der Waals surface area contributed by atoms with Crippen LogP contribution in [0.2, 0.25) is 0 Å². The fraction of sp³-hybridized carbons (Fsp3) is 0.421. The molecule has 2 aromatic rings. The monoisotopic (exact) mass is 389 g/mol. The minimum absolute atomic E-state index is 0.128. The van der Waals surface area contributed by atoms with Crippen molar-refractivity contribution in [1.29, 1.82) is 0 Å². The van der Waals surface area contributed by atoms with E-state index < -0.39 is 0 Å². The maximum absolute atomic E-state index is 12.8. The third kappa shape index (κ3) is 3.22. The molecule has 0 radical (unpaired) electrons. The lowest BCUT2D eigenvalue weighted by molar-refractivity contribution is 0.0736. The van der Waals surface area contributed by atoms with E-state index in [-0.39, 0.29) is 5.91 Å². The molecule has 0 saturated carbocycles. The number of aryl methyl sites for hydroxylation is 2. The van der Waals surface area contributed by atoms with Crippen molar-refractivity contribution in [2.45, 2.75) is 27.3 Å². The van der Waals surface area contributed by atoms with E-state index in [1.165, 1.54) is 16.8 Å². The molecule has 1 aliphatic heterocycles. The molecule has 128 valence electrons. The van der Waals surface area contributed by atoms with Crippen LogP contribution in [-0.4, -0.2) is 41.6 Å². The zero-order chi connectivity index (χ0) is 17.3. The smallest absolute Gasteiger partial charge is 0.270 e. The molecule has 1 aliphatic rings. The van der Waals surface area contributed by atoms with Crippen molar-refractivity contribution < 1.29 is 4.79 Å². The molecule has 5 heteroatoms. The third-order valence-electron chi connectivity index (χ3n) is 4.91. The number of nitrogens with zero attached hydrogens (tertiary/aromatic N) is 3. The van der Waals surface area contributed by atoms with E-state index >= 15 is 0 Å². The summed E-state index contributed by atoms with van der Waals surface area (Å²) in [7, 11) is 0. The first-order valence-electron chi connectivity index (χ1n) is 8.47. The summed E-state index contributed by atoms with van der Waals surface area (Å²) >= 11 is 3.47. The summed E-state index contributed by atoms with van der Waals surface area (Å²) in [5.74, 6) is 0.128. The Labute approximate surface area is 152 Å². The average Bonchev–Trinajstić information content (AvgIpc) is 2.98. The fourth-order valence-corrected chi connectivity index (χ4v) is 3.77. The summed E-state index contributed by atoms with van der Waals surface area (Å²) in [6.45, 7) is 10.5. The first-order chi connectivity index (χ1) is 11.5. The number of anilines is 1. The van der Waals surface area contributed by atoms with Gasteiger partial charge in [0.15, 0.2) is 0 Å². The van der Waals surface area contributed by atoms with Crippen LogP contribution in [0, 0.1) is 13.8 Å². The maximum Gasteiger partial charge on any atom is 0.270 e. The van der Waals surface area contributed by atoms with Gasteiger partial charge in [-0.3, -0.25) is 4.79 Å². The number of hydrogen-bond acceptors (Lipinski definition) is 2. The summed E-state index contributed by atoms with van der Waals surface area (Å²) in [5, 5.41) is 0. The lowest BCUT2D eigenvalue weighted by Crippen LogP contribution is -2.49. The van der Waals surface area contributed by atoms with E-state index in [2.05, 4.69) is 59.8 Å². The van der Waals surface area contributed by atoms with Gasteiger partial charge in [0, 0.05) is 49.1 Å². The number of carbonyl (C=O) groups is 1. The standard InChI is InChI=1S/C19H24BrN3O/c1-4-21-13-16(20)12-18(21)19(24)23-10-8-22(9-11-23)17-7-5-6-14(2)15(17)3/h5-7,12-13H,4,8-11H2,1-3H3. The molecule has 24 heavy (non-hydrogen) atoms. The van der Waals surface area contributed by atoms with Gasteiger partial charge in [0.2, 0.25) is 0 Å². The van der Waals surface area contributed by atoms with Gasteiger partial charge in [0.05, 0.1) is 0 Å². The molecular weight excluding hydrogens is 366 g/mol. The van der Waals surface area contributed by atoms with Gasteiger partial charge in [-0.1, -0.05) is 12.1 Å². The molecule has 1 aromatic heterocycles. The van der Waals surface area contributed by atoms with E-state index in [4.69, 9.17) is 0 Å². The average molecular weight is 390 g/mol. The lowest BCUT2D eigenvalue weighted by atomic mass is 10.1. The van der Waals surface area contributed by atoms with Crippen LogP contribution in [0.15, 0.2) is 34.9 Å². The quantitative estimate of drug-likeness (QED) is 0.797. The van der Waals surface area contributed by atoms with Crippen molar-refractivity contribution >= 4 is 27.5 Å². The van der Waals surface area contributed by atoms with Crippen molar-refractivity contribution in [3.8, 4) is 0 Å². The van der Waals surface area contributed by atoms with Gasteiger partial charge in [-0.25, -0.2) is 0 Å². The van der Waals surface area contributed by atoms with Crippen LogP contribution in [-0.2, 0) is 6.54 Å². The minimum atomic E-state index is 0.128. The van der Waals surface area contributed by atoms with Crippen LogP contribution in [0.1, 0.15) is 28.5 Å². The predicted octanol–water partition coefficient (Wildman–Crippen LogP) is 3.85. The van der Waals surface area contributed by atoms with Gasteiger partial charge in [-0.05, 0) is 60.0 Å². The molecular formula is C19H24BrN3O. The Morgan fingerprint density at radius 2 is 1.88 bits per heavy atom. The highest BCUT2D eigenvalue weighted by Crippen LogP contribution is 2.24. The number of hydrogen-bond donors (Lipinski definition) is 0. The van der Waals surface area contributed by atoms with Crippen molar-refractivity contribution in [3.63, 3.8) is 0 Å². The van der Waals surface area contributed by atoms with E-state index in [0.29, 0.717) is 0 Å². The third-order valence-corrected chi connectivity index (χ3v) is 5.34. The second kappa shape index (κ2) is 7.01. The topological polar surface area (TPSA) is 28.5 Å². The van der Waals surface area contributed by atoms with Crippen LogP contribution in [0.4, 0.5) is 5.69 Å². The molecule has 0 spiro atoms. The molecule has 0 bridgehead atoms. The van der Waals surface area contributed by atoms with E-state index in [9.17, 15) is 4.79 Å². The van der Waals surface area contributed by atoms with Gasteiger partial charge in [0.1, 0.15) is 5.69 Å². The number of amides is 1. The van der Waals surface area contributed by atoms with Gasteiger partial charge < -0.3 is 14.4 Å². The highest BCUT2D eigenvalue weighted by molar-refractivity contribution is 9.10. The van der Waals surface area contributed by atoms with Gasteiger partial charge in [0.25, 0.3) is 5.91 Å². The number of benzene rings is 1. The summed E-state index contributed by atoms with van der Waals surface area (Å²) in [6, 6.07) is 8.36. The number of rotatable bonds is 3. The maximum atomic E-state index is 12.8. The SMILES string of the molecule is CCn1cc(Br)cc1C(=O)N1CCN(c2cccc(C)c2C)CC1. The number of piperazine rings is 1. The molecule has 2 heterocycles. The summed E-state index contributed by atoms with van der Waals surface area (Å²) < 4.78 is 2.96. The largest absolute Gasteiger partial charge is 0.368 e. The Kier molecular flexibility index (Phi) is 4.99. The normalized spacial score (nSPS) is 15.0. The number of carbonyl (C=O) groups excluding carboxylic acids is 1. The molecule has 0 N–H and O–H groups in total. The Morgan fingerprint density at radius 1 is 1.17 bits per heavy atom. The fourth-order valence-electron chi connectivity index (χ4n) is 3.31. The van der Waals surface area contributed by atoms with E-state index in [0.717, 1.165) is 42.9 Å². The van der Waals surface area contributed by atoms with Gasteiger partial charge in [-0.2, -0.15) is 0 Å². The molecule has 0 aliphatic carbocycles. The molecule has 0 unspecified atom stereocenters. The highest BCUT2D eigenvalue weighted by atomic mass is 79.9. The Hall–Kier alpha value is -1.75. The summed E-state index contributed by atoms with van der Waals surface area (Å²) in [6.07, 6.45) is 1.97. The second-order valence-corrected chi connectivity index (χ2v) is 7.24. The van der Waals surface area contributed by atoms with Crippen molar-refractivity contribution in [2.24, 2.45) is 0 Å². The number of halogens is 1. The second-order valence-electron chi connectivity index (χ2n) is 6.33. The van der Waals surface area contributed by atoms with Crippen LogP contribution < -0.4 is 4.90 Å². The molecule has 1 amide bonds. The van der Waals surface area contributed by atoms with Crippen LogP contribution in [0.3, 0.4) is 0 Å². The first-order valence-corrected chi connectivity index (χ1v) is 9.26. The minimum Gasteiger partial charge on any atom is -0.368 e.